The van der Waals surface area contributed by atoms with E-state index in [1.165, 1.54) is 18.9 Å². The first kappa shape index (κ1) is 14.2. The van der Waals surface area contributed by atoms with Crippen molar-refractivity contribution in [1.82, 2.24) is 10.3 Å². The number of rotatable bonds is 3. The number of piperidine rings is 1. The molecule has 1 aliphatic rings. The van der Waals surface area contributed by atoms with Crippen molar-refractivity contribution in [2.24, 2.45) is 0 Å². The largest absolute Gasteiger partial charge is 0.316 e. The molecular weight excluding hydrogens is 263 g/mol. The van der Waals surface area contributed by atoms with E-state index in [0.717, 1.165) is 35.6 Å². The van der Waals surface area contributed by atoms with Gasteiger partial charge in [0.2, 0.25) is 0 Å². The van der Waals surface area contributed by atoms with Crippen molar-refractivity contribution in [3.05, 3.63) is 64.7 Å². The van der Waals surface area contributed by atoms with Crippen LogP contribution in [0.5, 0.6) is 0 Å². The molecule has 1 atom stereocenters. The molecule has 0 bridgehead atoms. The number of pyridine rings is 1. The monoisotopic (exact) mass is 284 g/mol. The first-order valence-corrected chi connectivity index (χ1v) is 7.64. The van der Waals surface area contributed by atoms with Crippen LogP contribution in [0.1, 0.15) is 41.3 Å². The third kappa shape index (κ3) is 3.48. The number of aromatic nitrogens is 1. The van der Waals surface area contributed by atoms with Gasteiger partial charge in [0.05, 0.1) is 0 Å². The van der Waals surface area contributed by atoms with Crippen LogP contribution >= 0.6 is 0 Å². The van der Waals surface area contributed by atoms with Crippen LogP contribution in [0.2, 0.25) is 0 Å². The van der Waals surface area contributed by atoms with Gasteiger partial charge in [0, 0.05) is 30.3 Å². The van der Waals surface area contributed by atoms with Gasteiger partial charge in [-0.25, -0.2) is 4.39 Å². The predicted octanol–water partition coefficient (Wildman–Crippen LogP) is 3.59. The van der Waals surface area contributed by atoms with Crippen LogP contribution < -0.4 is 5.32 Å². The molecule has 0 radical (unpaired) electrons. The summed E-state index contributed by atoms with van der Waals surface area (Å²) in [5, 5.41) is 3.43. The molecule has 2 heterocycles. The second-order valence-electron chi connectivity index (χ2n) is 5.85. The average molecular weight is 284 g/mol. The second kappa shape index (κ2) is 6.35. The van der Waals surface area contributed by atoms with E-state index < -0.39 is 0 Å². The van der Waals surface area contributed by atoms with Crippen LogP contribution in [0.15, 0.2) is 36.4 Å². The number of hydrogen-bond acceptors (Lipinski definition) is 2. The molecule has 0 spiro atoms. The van der Waals surface area contributed by atoms with Gasteiger partial charge in [-0.1, -0.05) is 18.2 Å². The fraction of sp³-hybridized carbons (Fsp3) is 0.389. The number of nitrogens with one attached hydrogen (secondary N) is 1. The van der Waals surface area contributed by atoms with E-state index in [-0.39, 0.29) is 5.82 Å². The van der Waals surface area contributed by atoms with Crippen molar-refractivity contribution in [2.45, 2.75) is 32.1 Å². The lowest BCUT2D eigenvalue weighted by molar-refractivity contribution is 0.454. The third-order valence-electron chi connectivity index (χ3n) is 4.10. The summed E-state index contributed by atoms with van der Waals surface area (Å²) in [5.41, 5.74) is 4.06. The molecule has 2 nitrogen and oxygen atoms in total. The molecular formula is C18H21FN2. The van der Waals surface area contributed by atoms with Gasteiger partial charge in [0.1, 0.15) is 5.82 Å². The summed E-state index contributed by atoms with van der Waals surface area (Å²) in [7, 11) is 0. The normalized spacial score (nSPS) is 18.7. The Kier molecular flexibility index (Phi) is 4.30. The maximum absolute atomic E-state index is 13.8. The summed E-state index contributed by atoms with van der Waals surface area (Å²) >= 11 is 0. The van der Waals surface area contributed by atoms with Crippen molar-refractivity contribution >= 4 is 0 Å². The predicted molar refractivity (Wildman–Crippen MR) is 83.0 cm³/mol. The fourth-order valence-corrected chi connectivity index (χ4v) is 3.05. The van der Waals surface area contributed by atoms with E-state index in [0.29, 0.717) is 12.3 Å². The van der Waals surface area contributed by atoms with E-state index in [9.17, 15) is 4.39 Å². The van der Waals surface area contributed by atoms with Crippen LogP contribution in [0.25, 0.3) is 0 Å². The molecule has 21 heavy (non-hydrogen) atoms. The van der Waals surface area contributed by atoms with Gasteiger partial charge >= 0.3 is 0 Å². The van der Waals surface area contributed by atoms with Gasteiger partial charge in [-0.15, -0.1) is 0 Å². The molecule has 1 saturated heterocycles. The molecule has 1 aliphatic heterocycles. The van der Waals surface area contributed by atoms with E-state index in [2.05, 4.69) is 22.4 Å². The van der Waals surface area contributed by atoms with Crippen LogP contribution in [0.4, 0.5) is 4.39 Å². The lowest BCUT2D eigenvalue weighted by Crippen LogP contribution is -2.29. The first-order valence-electron chi connectivity index (χ1n) is 7.64. The lowest BCUT2D eigenvalue weighted by atomic mass is 9.93. The van der Waals surface area contributed by atoms with Gasteiger partial charge in [0.25, 0.3) is 0 Å². The Balaban J connectivity index is 1.85. The molecule has 1 aromatic heterocycles. The van der Waals surface area contributed by atoms with E-state index in [1.807, 2.05) is 19.1 Å². The lowest BCUT2D eigenvalue weighted by Gasteiger charge is -2.23. The Morgan fingerprint density at radius 2 is 2.14 bits per heavy atom. The molecule has 0 aliphatic carbocycles. The number of benzene rings is 1. The maximum atomic E-state index is 13.8. The highest BCUT2D eigenvalue weighted by molar-refractivity contribution is 5.30. The summed E-state index contributed by atoms with van der Waals surface area (Å²) in [6.45, 7) is 4.12. The van der Waals surface area contributed by atoms with Gasteiger partial charge < -0.3 is 5.32 Å². The van der Waals surface area contributed by atoms with Crippen molar-refractivity contribution in [3.8, 4) is 0 Å². The van der Waals surface area contributed by atoms with Crippen LogP contribution in [-0.4, -0.2) is 18.1 Å². The molecule has 3 heteroatoms. The minimum atomic E-state index is -0.132. The fourth-order valence-electron chi connectivity index (χ4n) is 3.05. The standard InChI is InChI=1S/C18H21FN2/c1-13-9-14(10-15-5-2-3-7-17(15)19)11-18(21-13)16-6-4-8-20-12-16/h2-3,5,7,9,11,16,20H,4,6,8,10,12H2,1H3/t16-/m0/s1. The minimum Gasteiger partial charge on any atom is -0.316 e. The molecule has 1 fully saturated rings. The van der Waals surface area contributed by atoms with Crippen molar-refractivity contribution in [3.63, 3.8) is 0 Å². The van der Waals surface area contributed by atoms with Gasteiger partial charge in [0.15, 0.2) is 0 Å². The quantitative estimate of drug-likeness (QED) is 0.931. The van der Waals surface area contributed by atoms with Gasteiger partial charge in [-0.3, -0.25) is 4.98 Å². The number of halogens is 1. The molecule has 3 rings (SSSR count). The summed E-state index contributed by atoms with van der Waals surface area (Å²) < 4.78 is 13.8. The summed E-state index contributed by atoms with van der Waals surface area (Å²) in [4.78, 5) is 4.69. The Hall–Kier alpha value is -1.74. The Bertz CT molecular complexity index is 618. The number of nitrogens with zero attached hydrogens (tertiary/aromatic N) is 1. The Morgan fingerprint density at radius 1 is 1.29 bits per heavy atom. The average Bonchev–Trinajstić information content (AvgIpc) is 2.50. The molecule has 1 N–H and O–H groups in total. The van der Waals surface area contributed by atoms with Crippen molar-refractivity contribution in [2.75, 3.05) is 13.1 Å². The van der Waals surface area contributed by atoms with Crippen LogP contribution in [0.3, 0.4) is 0 Å². The van der Waals surface area contributed by atoms with E-state index >= 15 is 0 Å². The Labute approximate surface area is 125 Å². The summed E-state index contributed by atoms with van der Waals surface area (Å²) in [5.74, 6) is 0.353. The van der Waals surface area contributed by atoms with Gasteiger partial charge in [-0.2, -0.15) is 0 Å². The second-order valence-corrected chi connectivity index (χ2v) is 5.85. The van der Waals surface area contributed by atoms with Gasteiger partial charge in [-0.05, 0) is 55.6 Å². The zero-order valence-electron chi connectivity index (χ0n) is 12.4. The highest BCUT2D eigenvalue weighted by Gasteiger charge is 2.17. The molecule has 0 amide bonds. The zero-order valence-corrected chi connectivity index (χ0v) is 12.4. The number of hydrogen-bond donors (Lipinski definition) is 1. The zero-order chi connectivity index (χ0) is 14.7. The minimum absolute atomic E-state index is 0.132. The van der Waals surface area contributed by atoms with Crippen molar-refractivity contribution < 1.29 is 4.39 Å². The van der Waals surface area contributed by atoms with E-state index in [4.69, 9.17) is 0 Å². The highest BCUT2D eigenvalue weighted by atomic mass is 19.1. The smallest absolute Gasteiger partial charge is 0.126 e. The van der Waals surface area contributed by atoms with E-state index in [1.54, 1.807) is 6.07 Å². The molecule has 110 valence electrons. The third-order valence-corrected chi connectivity index (χ3v) is 4.10. The summed E-state index contributed by atoms with van der Waals surface area (Å²) in [6, 6.07) is 11.2. The summed E-state index contributed by atoms with van der Waals surface area (Å²) in [6.07, 6.45) is 3.01. The van der Waals surface area contributed by atoms with Crippen molar-refractivity contribution in [1.29, 1.82) is 0 Å². The SMILES string of the molecule is Cc1cc(Cc2ccccc2F)cc([C@H]2CCCNC2)n1. The molecule has 0 saturated carbocycles. The topological polar surface area (TPSA) is 24.9 Å². The molecule has 2 aromatic rings. The van der Waals surface area contributed by atoms with Crippen LogP contribution in [-0.2, 0) is 6.42 Å². The highest BCUT2D eigenvalue weighted by Crippen LogP contribution is 2.24. The first-order chi connectivity index (χ1) is 10.2. The Morgan fingerprint density at radius 3 is 2.90 bits per heavy atom. The van der Waals surface area contributed by atoms with Crippen LogP contribution in [0, 0.1) is 12.7 Å². The maximum Gasteiger partial charge on any atom is 0.126 e. The molecule has 0 unspecified atom stereocenters. The number of aryl methyl sites for hydroxylation is 1. The molecule has 1 aromatic carbocycles.